The molecule has 1 aliphatic heterocycles. The van der Waals surface area contributed by atoms with Gasteiger partial charge in [0, 0.05) is 19.0 Å². The number of nitrogens with zero attached hydrogens (tertiary/aromatic N) is 2. The first-order chi connectivity index (χ1) is 16.3. The fourth-order valence-electron chi connectivity index (χ4n) is 4.39. The van der Waals surface area contributed by atoms with Crippen LogP contribution in [0.25, 0.3) is 0 Å². The van der Waals surface area contributed by atoms with E-state index < -0.39 is 10.0 Å². The summed E-state index contributed by atoms with van der Waals surface area (Å²) >= 11 is 0. The van der Waals surface area contributed by atoms with Crippen molar-refractivity contribution in [3.63, 3.8) is 0 Å². The molecule has 0 radical (unpaired) electrons. The van der Waals surface area contributed by atoms with Gasteiger partial charge in [-0.25, -0.2) is 8.42 Å². The molecule has 1 atom stereocenters. The maximum atomic E-state index is 13.1. The number of hydrogen-bond donors (Lipinski definition) is 1. The number of benzene rings is 2. The zero-order valence-corrected chi connectivity index (χ0v) is 21.1. The lowest BCUT2D eigenvalue weighted by molar-refractivity contribution is -0.127. The van der Waals surface area contributed by atoms with Crippen LogP contribution in [0.3, 0.4) is 0 Å². The van der Waals surface area contributed by atoms with Gasteiger partial charge in [0.25, 0.3) is 0 Å². The molecule has 3 rings (SSSR count). The van der Waals surface area contributed by atoms with Crippen molar-refractivity contribution >= 4 is 15.9 Å². The summed E-state index contributed by atoms with van der Waals surface area (Å²) < 4.78 is 27.3. The number of nitrogens with one attached hydrogen (secondary N) is 1. The smallest absolute Gasteiger partial charge is 0.243 e. The predicted molar refractivity (Wildman–Crippen MR) is 133 cm³/mol. The first-order valence-corrected chi connectivity index (χ1v) is 13.6. The number of piperidine rings is 1. The molecule has 7 heteroatoms. The number of aryl methyl sites for hydroxylation is 1. The Kier molecular flexibility index (Phi) is 8.87. The van der Waals surface area contributed by atoms with Gasteiger partial charge in [-0.05, 0) is 67.0 Å². The minimum absolute atomic E-state index is 0.0100. The second-order valence-corrected chi connectivity index (χ2v) is 11.3. The lowest BCUT2D eigenvalue weighted by atomic mass is 9.92. The van der Waals surface area contributed by atoms with Crippen LogP contribution in [0.4, 0.5) is 0 Å². The number of nitriles is 1. The lowest BCUT2D eigenvalue weighted by Gasteiger charge is -2.32. The van der Waals surface area contributed by atoms with E-state index in [0.29, 0.717) is 31.5 Å². The number of hydrogen-bond acceptors (Lipinski definition) is 4. The Morgan fingerprint density at radius 2 is 1.71 bits per heavy atom. The number of rotatable bonds is 9. The number of amides is 1. The van der Waals surface area contributed by atoms with Crippen LogP contribution in [0.1, 0.15) is 69.2 Å². The normalized spacial score (nSPS) is 16.2. The van der Waals surface area contributed by atoms with Gasteiger partial charge >= 0.3 is 0 Å². The van der Waals surface area contributed by atoms with Crippen molar-refractivity contribution in [1.82, 2.24) is 9.62 Å². The highest BCUT2D eigenvalue weighted by Crippen LogP contribution is 2.27. The highest BCUT2D eigenvalue weighted by Gasteiger charge is 2.33. The van der Waals surface area contributed by atoms with Crippen molar-refractivity contribution in [3.8, 4) is 6.07 Å². The Morgan fingerprint density at radius 1 is 1.09 bits per heavy atom. The number of carbonyl (C=O) groups excluding carboxylic acids is 1. The molecule has 2 aromatic rings. The quantitative estimate of drug-likeness (QED) is 0.556. The molecule has 34 heavy (non-hydrogen) atoms. The van der Waals surface area contributed by atoms with Crippen LogP contribution in [-0.4, -0.2) is 31.7 Å². The molecule has 1 heterocycles. The zero-order chi connectivity index (χ0) is 24.7. The van der Waals surface area contributed by atoms with Crippen LogP contribution in [0.2, 0.25) is 0 Å². The van der Waals surface area contributed by atoms with Crippen LogP contribution >= 0.6 is 0 Å². The summed E-state index contributed by atoms with van der Waals surface area (Å²) in [6.45, 7) is 6.99. The van der Waals surface area contributed by atoms with E-state index in [0.717, 1.165) is 12.0 Å². The van der Waals surface area contributed by atoms with Gasteiger partial charge in [-0.1, -0.05) is 51.5 Å². The van der Waals surface area contributed by atoms with Gasteiger partial charge in [-0.2, -0.15) is 9.57 Å². The van der Waals surface area contributed by atoms with Crippen molar-refractivity contribution in [3.05, 3.63) is 65.2 Å². The van der Waals surface area contributed by atoms with Crippen LogP contribution < -0.4 is 5.32 Å². The molecule has 0 saturated carbocycles. The van der Waals surface area contributed by atoms with Crippen LogP contribution in [0, 0.1) is 23.2 Å². The summed E-state index contributed by atoms with van der Waals surface area (Å²) in [4.78, 5) is 13.3. The highest BCUT2D eigenvalue weighted by molar-refractivity contribution is 7.89. The summed E-state index contributed by atoms with van der Waals surface area (Å²) in [5.41, 5.74) is 2.84. The summed E-state index contributed by atoms with van der Waals surface area (Å²) in [7, 11) is -3.63. The predicted octanol–water partition coefficient (Wildman–Crippen LogP) is 4.82. The fourth-order valence-corrected chi connectivity index (χ4v) is 5.86. The minimum Gasteiger partial charge on any atom is -0.349 e. The highest BCUT2D eigenvalue weighted by atomic mass is 32.2. The molecule has 0 aromatic heterocycles. The molecule has 1 aliphatic rings. The Labute approximate surface area is 204 Å². The van der Waals surface area contributed by atoms with Crippen LogP contribution in [-0.2, 0) is 21.2 Å². The van der Waals surface area contributed by atoms with E-state index in [-0.39, 0.29) is 28.7 Å². The molecule has 0 aliphatic carbocycles. The van der Waals surface area contributed by atoms with Gasteiger partial charge in [-0.3, -0.25) is 4.79 Å². The summed E-state index contributed by atoms with van der Waals surface area (Å²) in [5, 5.41) is 12.2. The third kappa shape index (κ3) is 6.25. The first-order valence-electron chi connectivity index (χ1n) is 12.2. The number of carbonyl (C=O) groups is 1. The zero-order valence-electron chi connectivity index (χ0n) is 20.3. The average Bonchev–Trinajstić information content (AvgIpc) is 2.86. The molecule has 0 bridgehead atoms. The molecule has 1 amide bonds. The van der Waals surface area contributed by atoms with E-state index >= 15 is 0 Å². The SMILES string of the molecule is CCCCc1ccc(C(NC(=O)C2CCN(S(=O)(=O)c3ccc(C#N)cc3)CC2)C(C)C)cc1. The van der Waals surface area contributed by atoms with Gasteiger partial charge in [0.15, 0.2) is 0 Å². The largest absolute Gasteiger partial charge is 0.349 e. The van der Waals surface area contributed by atoms with Crippen LogP contribution in [0.5, 0.6) is 0 Å². The molecule has 0 spiro atoms. The van der Waals surface area contributed by atoms with Crippen molar-refractivity contribution in [1.29, 1.82) is 5.26 Å². The van der Waals surface area contributed by atoms with Gasteiger partial charge in [-0.15, -0.1) is 0 Å². The molecule has 1 unspecified atom stereocenters. The third-order valence-electron chi connectivity index (χ3n) is 6.57. The second kappa shape index (κ2) is 11.6. The van der Waals surface area contributed by atoms with E-state index in [4.69, 9.17) is 5.26 Å². The Balaban J connectivity index is 1.60. The van der Waals surface area contributed by atoms with Gasteiger partial charge in [0.2, 0.25) is 15.9 Å². The molecule has 1 saturated heterocycles. The maximum absolute atomic E-state index is 13.1. The van der Waals surface area contributed by atoms with Crippen molar-refractivity contribution in [2.75, 3.05) is 13.1 Å². The molecular formula is C27H35N3O3S. The number of sulfonamides is 1. The Bertz CT molecular complexity index is 1100. The van der Waals surface area contributed by atoms with E-state index in [2.05, 4.69) is 50.4 Å². The topological polar surface area (TPSA) is 90.3 Å². The Hall–Kier alpha value is -2.69. The van der Waals surface area contributed by atoms with Gasteiger partial charge in [0.1, 0.15) is 0 Å². The number of unbranched alkanes of at least 4 members (excludes halogenated alkanes) is 1. The van der Waals surface area contributed by atoms with Crippen molar-refractivity contribution in [2.24, 2.45) is 11.8 Å². The molecule has 182 valence electrons. The fraction of sp³-hybridized carbons (Fsp3) is 0.481. The minimum atomic E-state index is -3.63. The molecule has 1 N–H and O–H groups in total. The Morgan fingerprint density at radius 3 is 2.24 bits per heavy atom. The molecule has 6 nitrogen and oxygen atoms in total. The summed E-state index contributed by atoms with van der Waals surface area (Å²) in [5.74, 6) is 0.0176. The molecule has 2 aromatic carbocycles. The molecular weight excluding hydrogens is 446 g/mol. The summed E-state index contributed by atoms with van der Waals surface area (Å²) in [6.07, 6.45) is 4.38. The van der Waals surface area contributed by atoms with Crippen molar-refractivity contribution < 1.29 is 13.2 Å². The maximum Gasteiger partial charge on any atom is 0.243 e. The first kappa shape index (κ1) is 25.9. The van der Waals surface area contributed by atoms with E-state index in [1.807, 2.05) is 6.07 Å². The van der Waals surface area contributed by atoms with E-state index in [1.54, 1.807) is 0 Å². The summed E-state index contributed by atoms with van der Waals surface area (Å²) in [6, 6.07) is 16.4. The second-order valence-electron chi connectivity index (χ2n) is 9.39. The van der Waals surface area contributed by atoms with Crippen LogP contribution in [0.15, 0.2) is 53.4 Å². The van der Waals surface area contributed by atoms with E-state index in [1.165, 1.54) is 47.0 Å². The monoisotopic (exact) mass is 481 g/mol. The van der Waals surface area contributed by atoms with Crippen molar-refractivity contribution in [2.45, 2.75) is 63.8 Å². The van der Waals surface area contributed by atoms with Gasteiger partial charge in [0.05, 0.1) is 22.6 Å². The van der Waals surface area contributed by atoms with Gasteiger partial charge < -0.3 is 5.32 Å². The lowest BCUT2D eigenvalue weighted by Crippen LogP contribution is -2.44. The standard InChI is InChI=1S/C27H35N3O3S/c1-4-5-6-21-7-11-23(12-8-21)26(20(2)3)29-27(31)24-15-17-30(18-16-24)34(32,33)25-13-9-22(19-28)10-14-25/h7-14,20,24,26H,4-6,15-18H2,1-3H3,(H,29,31). The van der Waals surface area contributed by atoms with E-state index in [9.17, 15) is 13.2 Å². The average molecular weight is 482 g/mol. The molecule has 1 fully saturated rings. The third-order valence-corrected chi connectivity index (χ3v) is 8.48.